The molecule has 1 amide bonds. The molecular weight excluding hydrogens is 280 g/mol. The number of fused-ring (bicyclic) bond motifs is 1. The SMILES string of the molecule is COC(=O)Nc1cc(C)nn1-c1cc(C)c2ccccc2n1. The van der Waals surface area contributed by atoms with Gasteiger partial charge in [0.1, 0.15) is 5.82 Å². The van der Waals surface area contributed by atoms with Crippen LogP contribution < -0.4 is 5.32 Å². The Labute approximate surface area is 127 Å². The maximum absolute atomic E-state index is 11.5. The summed E-state index contributed by atoms with van der Waals surface area (Å²) in [6, 6.07) is 11.6. The van der Waals surface area contributed by atoms with Gasteiger partial charge in [0, 0.05) is 11.5 Å². The first kappa shape index (κ1) is 14.1. The van der Waals surface area contributed by atoms with Crippen molar-refractivity contribution in [3.63, 3.8) is 0 Å². The molecule has 112 valence electrons. The van der Waals surface area contributed by atoms with Gasteiger partial charge in [0.2, 0.25) is 0 Å². The average molecular weight is 296 g/mol. The van der Waals surface area contributed by atoms with Crippen molar-refractivity contribution in [2.45, 2.75) is 13.8 Å². The predicted molar refractivity (Wildman–Crippen MR) is 84.4 cm³/mol. The van der Waals surface area contributed by atoms with Crippen molar-refractivity contribution in [2.75, 3.05) is 12.4 Å². The Balaban J connectivity index is 2.13. The Bertz CT molecular complexity index is 854. The zero-order chi connectivity index (χ0) is 15.7. The van der Waals surface area contributed by atoms with Gasteiger partial charge in [-0.3, -0.25) is 5.32 Å². The van der Waals surface area contributed by atoms with Crippen LogP contribution in [-0.2, 0) is 4.74 Å². The quantitative estimate of drug-likeness (QED) is 0.788. The van der Waals surface area contributed by atoms with Gasteiger partial charge in [0.25, 0.3) is 0 Å². The lowest BCUT2D eigenvalue weighted by Crippen LogP contribution is -2.15. The monoisotopic (exact) mass is 296 g/mol. The molecule has 0 radical (unpaired) electrons. The van der Waals surface area contributed by atoms with E-state index in [1.54, 1.807) is 10.7 Å². The van der Waals surface area contributed by atoms with Crippen molar-refractivity contribution < 1.29 is 9.53 Å². The minimum absolute atomic E-state index is 0.520. The van der Waals surface area contributed by atoms with E-state index in [-0.39, 0.29) is 0 Å². The highest BCUT2D eigenvalue weighted by molar-refractivity contribution is 5.85. The molecule has 6 nitrogen and oxygen atoms in total. The van der Waals surface area contributed by atoms with E-state index in [0.29, 0.717) is 11.6 Å². The lowest BCUT2D eigenvalue weighted by Gasteiger charge is -2.10. The minimum Gasteiger partial charge on any atom is -0.453 e. The van der Waals surface area contributed by atoms with Gasteiger partial charge in [0.05, 0.1) is 18.3 Å². The van der Waals surface area contributed by atoms with Crippen LogP contribution in [0.15, 0.2) is 36.4 Å². The summed E-state index contributed by atoms with van der Waals surface area (Å²) in [5.74, 6) is 1.17. The number of ether oxygens (including phenoxy) is 1. The van der Waals surface area contributed by atoms with Crippen molar-refractivity contribution in [2.24, 2.45) is 0 Å². The van der Waals surface area contributed by atoms with Crippen LogP contribution in [0.2, 0.25) is 0 Å². The van der Waals surface area contributed by atoms with Crippen LogP contribution in [0.5, 0.6) is 0 Å². The molecule has 0 unspecified atom stereocenters. The molecule has 1 N–H and O–H groups in total. The number of amides is 1. The maximum Gasteiger partial charge on any atom is 0.412 e. The normalized spacial score (nSPS) is 10.7. The minimum atomic E-state index is -0.543. The summed E-state index contributed by atoms with van der Waals surface area (Å²) in [6.07, 6.45) is -0.543. The molecule has 3 rings (SSSR count). The molecule has 0 aliphatic heterocycles. The molecule has 0 bridgehead atoms. The van der Waals surface area contributed by atoms with Gasteiger partial charge in [-0.05, 0) is 31.5 Å². The van der Waals surface area contributed by atoms with Crippen LogP contribution in [0.25, 0.3) is 16.7 Å². The van der Waals surface area contributed by atoms with Gasteiger partial charge in [-0.1, -0.05) is 18.2 Å². The Morgan fingerprint density at radius 2 is 2.00 bits per heavy atom. The number of anilines is 1. The number of rotatable bonds is 2. The summed E-state index contributed by atoms with van der Waals surface area (Å²) in [5.41, 5.74) is 2.76. The molecule has 0 aliphatic rings. The topological polar surface area (TPSA) is 69.0 Å². The lowest BCUT2D eigenvalue weighted by atomic mass is 10.1. The van der Waals surface area contributed by atoms with Crippen LogP contribution in [0, 0.1) is 13.8 Å². The molecule has 2 aromatic heterocycles. The van der Waals surface area contributed by atoms with Crippen molar-refractivity contribution in [3.05, 3.63) is 47.7 Å². The van der Waals surface area contributed by atoms with Gasteiger partial charge >= 0.3 is 6.09 Å². The number of carbonyl (C=O) groups excluding carboxylic acids is 1. The standard InChI is InChI=1S/C16H16N4O2/c1-10-8-14(17-13-7-5-4-6-12(10)13)20-15(9-11(2)19-20)18-16(21)22-3/h4-9H,1-3H3,(H,18,21). The first-order chi connectivity index (χ1) is 10.6. The number of methoxy groups -OCH3 is 1. The molecule has 22 heavy (non-hydrogen) atoms. The summed E-state index contributed by atoms with van der Waals surface area (Å²) in [4.78, 5) is 16.1. The molecule has 0 saturated heterocycles. The zero-order valence-electron chi connectivity index (χ0n) is 12.6. The number of carbonyl (C=O) groups is 1. The maximum atomic E-state index is 11.5. The molecule has 0 aliphatic carbocycles. The Hall–Kier alpha value is -2.89. The molecule has 3 aromatic rings. The molecule has 0 atom stereocenters. The van der Waals surface area contributed by atoms with Crippen molar-refractivity contribution in [3.8, 4) is 5.82 Å². The van der Waals surface area contributed by atoms with E-state index in [1.807, 2.05) is 44.2 Å². The average Bonchev–Trinajstić information content (AvgIpc) is 2.87. The Morgan fingerprint density at radius 3 is 2.77 bits per heavy atom. The number of aromatic nitrogens is 3. The fourth-order valence-electron chi connectivity index (χ4n) is 2.36. The van der Waals surface area contributed by atoms with Crippen LogP contribution in [0.3, 0.4) is 0 Å². The van der Waals surface area contributed by atoms with Gasteiger partial charge in [-0.25, -0.2) is 9.78 Å². The van der Waals surface area contributed by atoms with Crippen molar-refractivity contribution in [1.29, 1.82) is 0 Å². The summed E-state index contributed by atoms with van der Waals surface area (Å²) >= 11 is 0. The fraction of sp³-hybridized carbons (Fsp3) is 0.188. The van der Waals surface area contributed by atoms with E-state index in [4.69, 9.17) is 0 Å². The van der Waals surface area contributed by atoms with Gasteiger partial charge < -0.3 is 4.74 Å². The highest BCUT2D eigenvalue weighted by Crippen LogP contribution is 2.22. The number of nitrogens with one attached hydrogen (secondary N) is 1. The number of hydrogen-bond donors (Lipinski definition) is 1. The third-order valence-electron chi connectivity index (χ3n) is 3.37. The first-order valence-corrected chi connectivity index (χ1v) is 6.87. The van der Waals surface area contributed by atoms with E-state index in [2.05, 4.69) is 20.1 Å². The zero-order valence-corrected chi connectivity index (χ0v) is 12.6. The molecule has 0 saturated carbocycles. The number of para-hydroxylation sites is 1. The number of pyridine rings is 1. The van der Waals surface area contributed by atoms with E-state index in [9.17, 15) is 4.79 Å². The van der Waals surface area contributed by atoms with E-state index in [1.165, 1.54) is 7.11 Å². The lowest BCUT2D eigenvalue weighted by molar-refractivity contribution is 0.186. The fourth-order valence-corrected chi connectivity index (χ4v) is 2.36. The van der Waals surface area contributed by atoms with E-state index < -0.39 is 6.09 Å². The van der Waals surface area contributed by atoms with Crippen molar-refractivity contribution >= 4 is 22.8 Å². The first-order valence-electron chi connectivity index (χ1n) is 6.87. The van der Waals surface area contributed by atoms with Gasteiger partial charge in [-0.15, -0.1) is 0 Å². The van der Waals surface area contributed by atoms with Crippen LogP contribution in [-0.4, -0.2) is 28.0 Å². The molecule has 2 heterocycles. The number of nitrogens with zero attached hydrogens (tertiary/aromatic N) is 3. The van der Waals surface area contributed by atoms with Crippen LogP contribution in [0.4, 0.5) is 10.6 Å². The molecule has 0 spiro atoms. The summed E-state index contributed by atoms with van der Waals surface area (Å²) in [7, 11) is 1.32. The molecular formula is C16H16N4O2. The summed E-state index contributed by atoms with van der Waals surface area (Å²) in [6.45, 7) is 3.88. The number of hydrogen-bond acceptors (Lipinski definition) is 4. The number of aryl methyl sites for hydroxylation is 2. The Morgan fingerprint density at radius 1 is 1.23 bits per heavy atom. The van der Waals surface area contributed by atoms with E-state index >= 15 is 0 Å². The molecule has 6 heteroatoms. The summed E-state index contributed by atoms with van der Waals surface area (Å²) in [5, 5.41) is 8.14. The van der Waals surface area contributed by atoms with Crippen molar-refractivity contribution in [1.82, 2.24) is 14.8 Å². The van der Waals surface area contributed by atoms with Gasteiger partial charge in [-0.2, -0.15) is 9.78 Å². The molecule has 0 fully saturated rings. The summed E-state index contributed by atoms with van der Waals surface area (Å²) < 4.78 is 6.24. The van der Waals surface area contributed by atoms with Gasteiger partial charge in [0.15, 0.2) is 5.82 Å². The van der Waals surface area contributed by atoms with E-state index in [0.717, 1.165) is 22.2 Å². The highest BCUT2D eigenvalue weighted by Gasteiger charge is 2.13. The third-order valence-corrected chi connectivity index (χ3v) is 3.37. The second-order valence-corrected chi connectivity index (χ2v) is 5.01. The third kappa shape index (κ3) is 2.50. The predicted octanol–water partition coefficient (Wildman–Crippen LogP) is 3.22. The van der Waals surface area contributed by atoms with Crippen LogP contribution >= 0.6 is 0 Å². The Kier molecular flexibility index (Phi) is 3.50. The van der Waals surface area contributed by atoms with Crippen LogP contribution in [0.1, 0.15) is 11.3 Å². The largest absolute Gasteiger partial charge is 0.453 e. The second kappa shape index (κ2) is 5.48. The highest BCUT2D eigenvalue weighted by atomic mass is 16.5. The second-order valence-electron chi connectivity index (χ2n) is 5.01. The molecule has 1 aromatic carbocycles. The smallest absolute Gasteiger partial charge is 0.412 e. The number of benzene rings is 1.